The van der Waals surface area contributed by atoms with Gasteiger partial charge in [-0.25, -0.2) is 9.59 Å². The lowest BCUT2D eigenvalue weighted by molar-refractivity contribution is -0.155. The first kappa shape index (κ1) is 55.3. The van der Waals surface area contributed by atoms with E-state index in [0.29, 0.717) is 42.3 Å². The Morgan fingerprint density at radius 2 is 0.597 bits per heavy atom. The smallest absolute Gasteiger partial charge is 0.333 e. The summed E-state index contributed by atoms with van der Waals surface area (Å²) in [4.78, 5) is 73.2. The third-order valence-electron chi connectivity index (χ3n) is 11.1. The molecule has 0 spiro atoms. The summed E-state index contributed by atoms with van der Waals surface area (Å²) in [5.74, 6) is -1.86. The fraction of sp³-hybridized carbons (Fsp3) is 0.393. The first-order chi connectivity index (χ1) is 34.3. The average Bonchev–Trinajstić information content (AvgIpc) is 3.31. The zero-order chi connectivity index (χ0) is 52.5. The van der Waals surface area contributed by atoms with Gasteiger partial charge in [0.15, 0.2) is 0 Å². The number of benzene rings is 4. The SMILES string of the molecule is C=C(C)C(=O)OCCOc1c2cc(C)cc1Cc1cc(C)cc(c1OCCOC(=O)C(=C)C)Cc1cc(C)cc(c1OCCOC(=O)CC(=O)OC)Cc1cc(C)cc(c1OCCOC(=O)CC(=O)OC)C2. The van der Waals surface area contributed by atoms with E-state index in [9.17, 15) is 28.8 Å². The van der Waals surface area contributed by atoms with Crippen LogP contribution in [0.25, 0.3) is 0 Å². The highest BCUT2D eigenvalue weighted by Gasteiger charge is 2.25. The van der Waals surface area contributed by atoms with Crippen molar-refractivity contribution < 1.29 is 76.1 Å². The monoisotopic (exact) mass is 992 g/mol. The van der Waals surface area contributed by atoms with Gasteiger partial charge in [0, 0.05) is 36.8 Å². The second kappa shape index (κ2) is 26.6. The Balaban J connectivity index is 1.71. The number of fused-ring (bicyclic) bond motifs is 8. The molecule has 16 heteroatoms. The molecule has 0 aromatic heterocycles. The number of carbonyl (C=O) groups is 6. The van der Waals surface area contributed by atoms with Gasteiger partial charge in [0.1, 0.15) is 88.7 Å². The molecule has 0 atom stereocenters. The van der Waals surface area contributed by atoms with E-state index in [2.05, 4.69) is 22.6 Å². The van der Waals surface area contributed by atoms with Gasteiger partial charge in [-0.05, 0) is 86.1 Å². The second-order valence-corrected chi connectivity index (χ2v) is 17.5. The van der Waals surface area contributed by atoms with Gasteiger partial charge in [-0.3, -0.25) is 19.2 Å². The van der Waals surface area contributed by atoms with Crippen molar-refractivity contribution in [1.82, 2.24) is 0 Å². The molecule has 384 valence electrons. The average molecular weight is 993 g/mol. The summed E-state index contributed by atoms with van der Waals surface area (Å²) >= 11 is 0. The van der Waals surface area contributed by atoms with E-state index in [0.717, 1.165) is 66.8 Å². The van der Waals surface area contributed by atoms with Gasteiger partial charge in [-0.15, -0.1) is 0 Å². The molecule has 0 heterocycles. The van der Waals surface area contributed by atoms with Crippen molar-refractivity contribution in [2.24, 2.45) is 0 Å². The van der Waals surface area contributed by atoms with Crippen LogP contribution in [0.4, 0.5) is 0 Å². The maximum absolute atomic E-state index is 12.5. The summed E-state index contributed by atoms with van der Waals surface area (Å²) in [6.07, 6.45) is 0.115. The summed E-state index contributed by atoms with van der Waals surface area (Å²) in [5, 5.41) is 0. The first-order valence-corrected chi connectivity index (χ1v) is 23.5. The van der Waals surface area contributed by atoms with Gasteiger partial charge < -0.3 is 47.4 Å². The van der Waals surface area contributed by atoms with Gasteiger partial charge in [-0.2, -0.15) is 0 Å². The molecule has 1 aliphatic rings. The van der Waals surface area contributed by atoms with Crippen LogP contribution in [0.1, 0.15) is 93.5 Å². The van der Waals surface area contributed by atoms with Crippen molar-refractivity contribution >= 4 is 35.8 Å². The van der Waals surface area contributed by atoms with Crippen LogP contribution in [0.3, 0.4) is 0 Å². The number of hydrogen-bond acceptors (Lipinski definition) is 16. The number of carbonyl (C=O) groups excluding carboxylic acids is 6. The van der Waals surface area contributed by atoms with Crippen molar-refractivity contribution in [2.45, 2.75) is 80.1 Å². The van der Waals surface area contributed by atoms with Gasteiger partial charge in [0.2, 0.25) is 0 Å². The van der Waals surface area contributed by atoms with Crippen molar-refractivity contribution in [3.63, 3.8) is 0 Å². The van der Waals surface area contributed by atoms with E-state index in [1.54, 1.807) is 13.8 Å². The molecule has 0 unspecified atom stereocenters. The van der Waals surface area contributed by atoms with Crippen molar-refractivity contribution in [2.75, 3.05) is 67.1 Å². The minimum absolute atomic E-state index is 0.0270. The molecule has 0 N–H and O–H groups in total. The highest BCUT2D eigenvalue weighted by atomic mass is 16.6. The molecular weight excluding hydrogens is 929 g/mol. The van der Waals surface area contributed by atoms with Crippen LogP contribution in [0.15, 0.2) is 72.8 Å². The first-order valence-electron chi connectivity index (χ1n) is 23.5. The predicted molar refractivity (Wildman–Crippen MR) is 265 cm³/mol. The Hall–Kier alpha value is -7.62. The Labute approximate surface area is 420 Å². The molecule has 0 aliphatic heterocycles. The summed E-state index contributed by atoms with van der Waals surface area (Å²) in [5.41, 5.74) is 10.6. The lowest BCUT2D eigenvalue weighted by atomic mass is 9.88. The molecule has 8 bridgehead atoms. The fourth-order valence-electron chi connectivity index (χ4n) is 8.21. The summed E-state index contributed by atoms with van der Waals surface area (Å²) in [6, 6.07) is 16.2. The van der Waals surface area contributed by atoms with E-state index in [4.69, 9.17) is 37.9 Å². The predicted octanol–water partition coefficient (Wildman–Crippen LogP) is 7.56. The van der Waals surface area contributed by atoms with Gasteiger partial charge in [0.05, 0.1) is 14.2 Å². The van der Waals surface area contributed by atoms with Crippen LogP contribution in [-0.4, -0.2) is 103 Å². The maximum Gasteiger partial charge on any atom is 0.333 e. The van der Waals surface area contributed by atoms with E-state index in [1.807, 2.05) is 76.2 Å². The number of methoxy groups -OCH3 is 2. The fourth-order valence-corrected chi connectivity index (χ4v) is 8.21. The molecule has 0 saturated heterocycles. The van der Waals surface area contributed by atoms with Crippen LogP contribution in [0.5, 0.6) is 23.0 Å². The highest BCUT2D eigenvalue weighted by molar-refractivity contribution is 5.91. The Morgan fingerprint density at radius 3 is 0.806 bits per heavy atom. The number of rotatable bonds is 22. The van der Waals surface area contributed by atoms with Crippen molar-refractivity contribution in [1.29, 1.82) is 0 Å². The molecule has 0 fully saturated rings. The van der Waals surface area contributed by atoms with E-state index in [1.165, 1.54) is 14.2 Å². The van der Waals surface area contributed by atoms with E-state index < -0.39 is 48.7 Å². The topological polar surface area (TPSA) is 195 Å². The third kappa shape index (κ3) is 16.2. The second-order valence-electron chi connectivity index (χ2n) is 17.5. The van der Waals surface area contributed by atoms with Crippen LogP contribution in [0, 0.1) is 27.7 Å². The largest absolute Gasteiger partial charge is 0.489 e. The highest BCUT2D eigenvalue weighted by Crippen LogP contribution is 2.40. The molecule has 4 aromatic rings. The molecule has 72 heavy (non-hydrogen) atoms. The molecule has 0 amide bonds. The minimum atomic E-state index is -0.760. The zero-order valence-corrected chi connectivity index (χ0v) is 42.5. The van der Waals surface area contributed by atoms with Crippen LogP contribution in [0.2, 0.25) is 0 Å². The quantitative estimate of drug-likeness (QED) is 0.0216. The third-order valence-corrected chi connectivity index (χ3v) is 11.1. The van der Waals surface area contributed by atoms with Crippen LogP contribution < -0.4 is 18.9 Å². The Bertz CT molecular complexity index is 2510. The lowest BCUT2D eigenvalue weighted by Crippen LogP contribution is -2.18. The molecule has 1 aliphatic carbocycles. The normalized spacial score (nSPS) is 11.6. The maximum atomic E-state index is 12.5. The lowest BCUT2D eigenvalue weighted by Gasteiger charge is -2.24. The van der Waals surface area contributed by atoms with E-state index in [-0.39, 0.29) is 70.4 Å². The van der Waals surface area contributed by atoms with Crippen molar-refractivity contribution in [3.8, 4) is 23.0 Å². The summed E-state index contributed by atoms with van der Waals surface area (Å²) in [7, 11) is 2.37. The molecule has 0 radical (unpaired) electrons. The van der Waals surface area contributed by atoms with Gasteiger partial charge in [0.25, 0.3) is 0 Å². The molecule has 16 nitrogen and oxygen atoms in total. The Morgan fingerprint density at radius 1 is 0.375 bits per heavy atom. The summed E-state index contributed by atoms with van der Waals surface area (Å²) in [6.45, 7) is 18.0. The molecular formula is C56H64O16. The Kier molecular flexibility index (Phi) is 20.4. The van der Waals surface area contributed by atoms with Crippen molar-refractivity contribution in [3.05, 3.63) is 140 Å². The van der Waals surface area contributed by atoms with Crippen LogP contribution >= 0.6 is 0 Å². The number of ether oxygens (including phenoxy) is 10. The standard InChI is InChI=1S/C56H64O16/c1-33(2)55(61)71-17-15-69-53-43-23-37(7)25-45(53)30-46-26-38(8)24-44(54(46)70-16-18-72-56(62)34(3)4)29-42-22-36(6)20-40(52(42)68-14-12-66-50(60)32-48(58)64-10)27-39-19-35(5)21-41(28-43)51(39)67-13-11-65-49(59)31-47(57)63-9/h19-26H,1,3,11-18,27-32H2,2,4-10H3. The van der Waals surface area contributed by atoms with Gasteiger partial charge in [-0.1, -0.05) is 83.9 Å². The van der Waals surface area contributed by atoms with Gasteiger partial charge >= 0.3 is 35.8 Å². The number of esters is 6. The minimum Gasteiger partial charge on any atom is -0.489 e. The van der Waals surface area contributed by atoms with E-state index >= 15 is 0 Å². The number of hydrogen-bond donors (Lipinski definition) is 0. The summed E-state index contributed by atoms with van der Waals surface area (Å²) < 4.78 is 57.3. The number of aryl methyl sites for hydroxylation is 4. The molecule has 5 rings (SSSR count). The van der Waals surface area contributed by atoms with Crippen LogP contribution in [-0.2, 0) is 82.9 Å². The zero-order valence-electron chi connectivity index (χ0n) is 42.5. The molecule has 0 saturated carbocycles. The molecule has 4 aromatic carbocycles.